The average molecular weight is 417 g/mol. The van der Waals surface area contributed by atoms with E-state index in [2.05, 4.69) is 22.9 Å². The zero-order valence-electron chi connectivity index (χ0n) is 18.6. The Morgan fingerprint density at radius 1 is 1.30 bits per heavy atom. The Labute approximate surface area is 180 Å². The molecule has 6 nitrogen and oxygen atoms in total. The third-order valence-electron chi connectivity index (χ3n) is 7.27. The van der Waals surface area contributed by atoms with Crippen LogP contribution in [-0.2, 0) is 14.3 Å². The number of hydrogen-bond acceptors (Lipinski definition) is 6. The van der Waals surface area contributed by atoms with E-state index in [-0.39, 0.29) is 18.0 Å². The predicted molar refractivity (Wildman–Crippen MR) is 116 cm³/mol. The van der Waals surface area contributed by atoms with Crippen molar-refractivity contribution in [2.75, 3.05) is 37.8 Å². The molecular weight excluding hydrogens is 380 g/mol. The summed E-state index contributed by atoms with van der Waals surface area (Å²) in [6, 6.07) is 2.10. The molecule has 0 amide bonds. The zero-order valence-corrected chi connectivity index (χ0v) is 18.6. The number of morpholine rings is 1. The molecule has 0 radical (unpaired) electrons. The summed E-state index contributed by atoms with van der Waals surface area (Å²) < 4.78 is 17.4. The molecule has 2 saturated carbocycles. The molecule has 0 aromatic carbocycles. The molecule has 3 aliphatic rings. The third-order valence-corrected chi connectivity index (χ3v) is 7.27. The highest BCUT2D eigenvalue weighted by molar-refractivity contribution is 5.80. The first-order chi connectivity index (χ1) is 14.5. The lowest BCUT2D eigenvalue weighted by atomic mass is 9.83. The maximum absolute atomic E-state index is 12.3. The molecule has 3 atom stereocenters. The van der Waals surface area contributed by atoms with Crippen molar-refractivity contribution >= 4 is 11.7 Å². The van der Waals surface area contributed by atoms with Gasteiger partial charge in [-0.1, -0.05) is 19.8 Å². The van der Waals surface area contributed by atoms with Crippen LogP contribution in [0, 0.1) is 23.2 Å². The van der Waals surface area contributed by atoms with Gasteiger partial charge in [-0.3, -0.25) is 9.78 Å². The summed E-state index contributed by atoms with van der Waals surface area (Å²) >= 11 is 0. The van der Waals surface area contributed by atoms with Gasteiger partial charge in [-0.05, 0) is 44.9 Å². The zero-order chi connectivity index (χ0) is 21.1. The Bertz CT molecular complexity index is 734. The van der Waals surface area contributed by atoms with Gasteiger partial charge in [-0.15, -0.1) is 0 Å². The van der Waals surface area contributed by atoms with E-state index in [1.54, 1.807) is 0 Å². The Balaban J connectivity index is 1.33. The Morgan fingerprint density at radius 2 is 2.10 bits per heavy atom. The van der Waals surface area contributed by atoms with Crippen molar-refractivity contribution in [2.24, 2.45) is 23.2 Å². The van der Waals surface area contributed by atoms with Crippen molar-refractivity contribution in [3.8, 4) is 5.75 Å². The van der Waals surface area contributed by atoms with Crippen molar-refractivity contribution in [1.82, 2.24) is 4.98 Å². The van der Waals surface area contributed by atoms with Gasteiger partial charge in [-0.2, -0.15) is 0 Å². The molecule has 0 N–H and O–H groups in total. The number of ether oxygens (including phenoxy) is 3. The fourth-order valence-electron chi connectivity index (χ4n) is 4.99. The number of hydrogen-bond donors (Lipinski definition) is 0. The SMILES string of the molecule is CCOC(=O)C1(C)CC1[C@H]1CN(c2cncc(OCC3CCC(C)CC3)c2)CCO1. The number of esters is 1. The van der Waals surface area contributed by atoms with E-state index < -0.39 is 5.41 Å². The van der Waals surface area contributed by atoms with Gasteiger partial charge in [0.05, 0.1) is 49.4 Å². The van der Waals surface area contributed by atoms with Crippen LogP contribution in [0.25, 0.3) is 0 Å². The second-order valence-corrected chi connectivity index (χ2v) is 9.62. The second kappa shape index (κ2) is 9.13. The molecule has 1 aromatic rings. The molecule has 6 heteroatoms. The van der Waals surface area contributed by atoms with E-state index in [0.29, 0.717) is 19.1 Å². The number of carbonyl (C=O) groups excluding carboxylic acids is 1. The van der Waals surface area contributed by atoms with Crippen molar-refractivity contribution in [3.63, 3.8) is 0 Å². The minimum atomic E-state index is -0.398. The van der Waals surface area contributed by atoms with Crippen LogP contribution < -0.4 is 9.64 Å². The second-order valence-electron chi connectivity index (χ2n) is 9.62. The fourth-order valence-corrected chi connectivity index (χ4v) is 4.99. The first-order valence-electron chi connectivity index (χ1n) is 11.6. The number of nitrogens with zero attached hydrogens (tertiary/aromatic N) is 2. The lowest BCUT2D eigenvalue weighted by Gasteiger charge is -2.35. The smallest absolute Gasteiger partial charge is 0.312 e. The number of carbonyl (C=O) groups is 1. The normalized spacial score (nSPS) is 33.8. The summed E-state index contributed by atoms with van der Waals surface area (Å²) in [6.45, 7) is 9.66. The molecular formula is C24H36N2O4. The maximum atomic E-state index is 12.3. The standard InChI is InChI=1S/C24H36N2O4/c1-4-28-23(27)24(3)12-21(24)22-15-26(9-10-29-22)19-11-20(14-25-13-19)30-16-18-7-5-17(2)6-8-18/h11,13-14,17-18,21-22H,4-10,12,15-16H2,1-3H3/t17?,18?,21?,22-,24?/m1/s1. The molecule has 2 unspecified atom stereocenters. The van der Waals surface area contributed by atoms with E-state index in [0.717, 1.165) is 43.5 Å². The molecule has 30 heavy (non-hydrogen) atoms. The van der Waals surface area contributed by atoms with E-state index in [1.165, 1.54) is 25.7 Å². The number of anilines is 1. The highest BCUT2D eigenvalue weighted by Gasteiger charge is 2.61. The van der Waals surface area contributed by atoms with E-state index in [9.17, 15) is 4.79 Å². The molecule has 1 aliphatic heterocycles. The van der Waals surface area contributed by atoms with Crippen molar-refractivity contribution in [2.45, 2.75) is 59.0 Å². The van der Waals surface area contributed by atoms with Crippen LogP contribution in [0.5, 0.6) is 5.75 Å². The molecule has 0 bridgehead atoms. The van der Waals surface area contributed by atoms with Gasteiger partial charge in [0.2, 0.25) is 0 Å². The molecule has 1 aromatic heterocycles. The minimum Gasteiger partial charge on any atom is -0.492 e. The van der Waals surface area contributed by atoms with Gasteiger partial charge in [0.1, 0.15) is 5.75 Å². The number of rotatable bonds is 7. The monoisotopic (exact) mass is 416 g/mol. The minimum absolute atomic E-state index is 0.0435. The summed E-state index contributed by atoms with van der Waals surface area (Å²) in [5.41, 5.74) is 0.668. The number of pyridine rings is 1. The molecule has 166 valence electrons. The van der Waals surface area contributed by atoms with Crippen LogP contribution in [0.2, 0.25) is 0 Å². The van der Waals surface area contributed by atoms with Crippen molar-refractivity contribution in [3.05, 3.63) is 18.5 Å². The predicted octanol–water partition coefficient (Wildman–Crippen LogP) is 4.08. The number of aromatic nitrogens is 1. The summed E-state index contributed by atoms with van der Waals surface area (Å²) in [6.07, 6.45) is 9.75. The summed E-state index contributed by atoms with van der Waals surface area (Å²) in [4.78, 5) is 19.0. The van der Waals surface area contributed by atoms with Crippen LogP contribution >= 0.6 is 0 Å². The third kappa shape index (κ3) is 4.74. The first-order valence-corrected chi connectivity index (χ1v) is 11.6. The van der Waals surface area contributed by atoms with Crippen LogP contribution in [0.1, 0.15) is 52.9 Å². The van der Waals surface area contributed by atoms with Gasteiger partial charge in [-0.25, -0.2) is 0 Å². The quantitative estimate of drug-likeness (QED) is 0.624. The first kappa shape index (κ1) is 21.4. The lowest BCUT2D eigenvalue weighted by Crippen LogP contribution is -2.44. The molecule has 4 rings (SSSR count). The fraction of sp³-hybridized carbons (Fsp3) is 0.750. The molecule has 1 saturated heterocycles. The Morgan fingerprint density at radius 3 is 2.87 bits per heavy atom. The van der Waals surface area contributed by atoms with Gasteiger partial charge in [0.15, 0.2) is 0 Å². The maximum Gasteiger partial charge on any atom is 0.312 e. The summed E-state index contributed by atoms with van der Waals surface area (Å²) in [7, 11) is 0. The molecule has 2 heterocycles. The van der Waals surface area contributed by atoms with Crippen molar-refractivity contribution in [1.29, 1.82) is 0 Å². The van der Waals surface area contributed by atoms with Crippen LogP contribution in [0.3, 0.4) is 0 Å². The largest absolute Gasteiger partial charge is 0.492 e. The Hall–Kier alpha value is -1.82. The van der Waals surface area contributed by atoms with Gasteiger partial charge in [0, 0.05) is 25.1 Å². The summed E-state index contributed by atoms with van der Waals surface area (Å²) in [5.74, 6) is 2.49. The highest BCUT2D eigenvalue weighted by atomic mass is 16.5. The summed E-state index contributed by atoms with van der Waals surface area (Å²) in [5, 5.41) is 0. The average Bonchev–Trinajstić information content (AvgIpc) is 3.47. The van der Waals surface area contributed by atoms with E-state index in [1.807, 2.05) is 26.2 Å². The van der Waals surface area contributed by atoms with Crippen molar-refractivity contribution < 1.29 is 19.0 Å². The van der Waals surface area contributed by atoms with Gasteiger partial charge >= 0.3 is 5.97 Å². The molecule has 2 aliphatic carbocycles. The van der Waals surface area contributed by atoms with Gasteiger partial charge < -0.3 is 19.1 Å². The highest BCUT2D eigenvalue weighted by Crippen LogP contribution is 2.56. The van der Waals surface area contributed by atoms with E-state index in [4.69, 9.17) is 14.2 Å². The Kier molecular flexibility index (Phi) is 6.51. The lowest BCUT2D eigenvalue weighted by molar-refractivity contribution is -0.150. The topological polar surface area (TPSA) is 60.9 Å². The van der Waals surface area contributed by atoms with Gasteiger partial charge in [0.25, 0.3) is 0 Å². The van der Waals surface area contributed by atoms with Crippen LogP contribution in [0.4, 0.5) is 5.69 Å². The van der Waals surface area contributed by atoms with Crippen LogP contribution in [-0.4, -0.2) is 50.0 Å². The molecule has 0 spiro atoms. The van der Waals surface area contributed by atoms with E-state index >= 15 is 0 Å². The van der Waals surface area contributed by atoms with Crippen LogP contribution in [0.15, 0.2) is 18.5 Å². The molecule has 3 fully saturated rings.